The molecule has 0 saturated carbocycles. The number of aromatic nitrogens is 2. The Labute approximate surface area is 128 Å². The van der Waals surface area contributed by atoms with Gasteiger partial charge in [-0.3, -0.25) is 0 Å². The number of hydrogen-bond donors (Lipinski definition) is 0. The summed E-state index contributed by atoms with van der Waals surface area (Å²) in [5.74, 6) is 1.08. The Bertz CT molecular complexity index is 607. The number of anilines is 1. The molecule has 4 nitrogen and oxygen atoms in total. The van der Waals surface area contributed by atoms with E-state index in [0.29, 0.717) is 16.6 Å². The van der Waals surface area contributed by atoms with Crippen molar-refractivity contribution < 1.29 is 4.74 Å². The maximum absolute atomic E-state index is 6.24. The number of rotatable bonds is 4. The highest BCUT2D eigenvalue weighted by Crippen LogP contribution is 2.36. The molecule has 0 aliphatic carbocycles. The lowest BCUT2D eigenvalue weighted by Gasteiger charge is -2.28. The summed E-state index contributed by atoms with van der Waals surface area (Å²) in [6.07, 6.45) is 1.41. The summed E-state index contributed by atoms with van der Waals surface area (Å²) in [5, 5.41) is 1.00. The third kappa shape index (κ3) is 2.81. The molecule has 0 aliphatic heterocycles. The third-order valence-electron chi connectivity index (χ3n) is 3.22. The fourth-order valence-electron chi connectivity index (χ4n) is 1.98. The lowest BCUT2D eigenvalue weighted by molar-refractivity contribution is 0.410. The largest absolute Gasteiger partial charge is 0.490 e. The molecule has 0 aliphatic rings. The molecule has 20 heavy (non-hydrogen) atoms. The minimum absolute atomic E-state index is 0.0172. The molecular weight excluding hydrogens is 297 g/mol. The smallest absolute Gasteiger partial charge is 0.199 e. The zero-order valence-electron chi connectivity index (χ0n) is 11.5. The first-order valence-corrected chi connectivity index (χ1v) is 6.83. The Morgan fingerprint density at radius 3 is 2.55 bits per heavy atom. The molecule has 1 unspecified atom stereocenters. The van der Waals surface area contributed by atoms with E-state index >= 15 is 0 Å². The van der Waals surface area contributed by atoms with Crippen molar-refractivity contribution in [2.75, 3.05) is 19.1 Å². The van der Waals surface area contributed by atoms with E-state index in [9.17, 15) is 0 Å². The minimum Gasteiger partial charge on any atom is -0.490 e. The van der Waals surface area contributed by atoms with Crippen LogP contribution in [0.3, 0.4) is 0 Å². The van der Waals surface area contributed by atoms with Crippen molar-refractivity contribution in [1.82, 2.24) is 9.97 Å². The van der Waals surface area contributed by atoms with Gasteiger partial charge in [-0.25, -0.2) is 9.97 Å². The molecule has 1 heterocycles. The molecule has 1 atom stereocenters. The van der Waals surface area contributed by atoms with Crippen LogP contribution in [0.4, 0.5) is 5.82 Å². The highest BCUT2D eigenvalue weighted by molar-refractivity contribution is 6.31. The molecule has 0 N–H and O–H groups in total. The summed E-state index contributed by atoms with van der Waals surface area (Å²) in [7, 11) is 3.46. The van der Waals surface area contributed by atoms with Gasteiger partial charge in [-0.15, -0.1) is 0 Å². The van der Waals surface area contributed by atoms with Crippen LogP contribution in [0.5, 0.6) is 5.75 Å². The summed E-state index contributed by atoms with van der Waals surface area (Å²) in [5.41, 5.74) is 1.01. The van der Waals surface area contributed by atoms with Gasteiger partial charge in [0.05, 0.1) is 13.2 Å². The topological polar surface area (TPSA) is 38.3 Å². The van der Waals surface area contributed by atoms with Gasteiger partial charge in [0.25, 0.3) is 0 Å². The van der Waals surface area contributed by atoms with E-state index in [4.69, 9.17) is 27.9 Å². The number of nitrogens with zero attached hydrogens (tertiary/aromatic N) is 3. The zero-order chi connectivity index (χ0) is 14.7. The number of halogens is 2. The highest BCUT2D eigenvalue weighted by atomic mass is 35.5. The molecule has 2 aromatic rings. The van der Waals surface area contributed by atoms with E-state index in [1.165, 1.54) is 6.33 Å². The van der Waals surface area contributed by atoms with E-state index < -0.39 is 0 Å². The molecule has 0 saturated heterocycles. The molecule has 0 bridgehead atoms. The van der Waals surface area contributed by atoms with Gasteiger partial charge in [-0.2, -0.15) is 0 Å². The predicted octanol–water partition coefficient (Wildman–Crippen LogP) is 3.99. The lowest BCUT2D eigenvalue weighted by Crippen LogP contribution is -2.23. The Balaban J connectivity index is 2.39. The maximum Gasteiger partial charge on any atom is 0.199 e. The molecule has 1 aromatic carbocycles. The van der Waals surface area contributed by atoms with Crippen LogP contribution in [-0.2, 0) is 0 Å². The fraction of sp³-hybridized carbons (Fsp3) is 0.286. The zero-order valence-corrected chi connectivity index (χ0v) is 13.0. The van der Waals surface area contributed by atoms with E-state index in [1.807, 2.05) is 43.1 Å². The first-order valence-electron chi connectivity index (χ1n) is 6.08. The van der Waals surface area contributed by atoms with Crippen LogP contribution in [0.15, 0.2) is 30.6 Å². The second-order valence-electron chi connectivity index (χ2n) is 4.33. The molecule has 0 fully saturated rings. The Hall–Kier alpha value is -1.52. The van der Waals surface area contributed by atoms with Crippen molar-refractivity contribution in [3.63, 3.8) is 0 Å². The first-order chi connectivity index (χ1) is 9.56. The van der Waals surface area contributed by atoms with Crippen molar-refractivity contribution in [3.8, 4) is 5.75 Å². The van der Waals surface area contributed by atoms with Gasteiger partial charge in [0, 0.05) is 12.1 Å². The summed E-state index contributed by atoms with van der Waals surface area (Å²) in [4.78, 5) is 10.1. The third-order valence-corrected chi connectivity index (χ3v) is 3.83. The number of benzene rings is 1. The molecule has 2 rings (SSSR count). The van der Waals surface area contributed by atoms with Gasteiger partial charge < -0.3 is 9.64 Å². The van der Waals surface area contributed by atoms with E-state index in [1.54, 1.807) is 7.11 Å². The molecular formula is C14H15Cl2N3O. The summed E-state index contributed by atoms with van der Waals surface area (Å²) >= 11 is 12.3. The van der Waals surface area contributed by atoms with Crippen molar-refractivity contribution in [1.29, 1.82) is 0 Å². The molecule has 0 spiro atoms. The summed E-state index contributed by atoms with van der Waals surface area (Å²) in [6.45, 7) is 2.04. The van der Waals surface area contributed by atoms with E-state index in [2.05, 4.69) is 9.97 Å². The van der Waals surface area contributed by atoms with Crippen LogP contribution in [-0.4, -0.2) is 24.1 Å². The van der Waals surface area contributed by atoms with Crippen molar-refractivity contribution in [2.24, 2.45) is 0 Å². The van der Waals surface area contributed by atoms with Crippen molar-refractivity contribution in [3.05, 3.63) is 46.3 Å². The maximum atomic E-state index is 6.24. The van der Waals surface area contributed by atoms with Crippen LogP contribution in [0.2, 0.25) is 10.2 Å². The number of methoxy groups -OCH3 is 1. The summed E-state index contributed by atoms with van der Waals surface area (Å²) in [6, 6.07) is 7.73. The monoisotopic (exact) mass is 311 g/mol. The van der Waals surface area contributed by atoms with Crippen LogP contribution < -0.4 is 9.64 Å². The second kappa shape index (κ2) is 6.29. The Morgan fingerprint density at radius 1 is 1.20 bits per heavy atom. The Kier molecular flexibility index (Phi) is 4.68. The van der Waals surface area contributed by atoms with E-state index in [0.717, 1.165) is 5.56 Å². The van der Waals surface area contributed by atoms with Gasteiger partial charge in [0.2, 0.25) is 0 Å². The molecule has 6 heteroatoms. The Morgan fingerprint density at radius 2 is 1.90 bits per heavy atom. The molecule has 0 radical (unpaired) electrons. The van der Waals surface area contributed by atoms with E-state index in [-0.39, 0.29) is 11.2 Å². The average molecular weight is 312 g/mol. The number of ether oxygens (including phenoxy) is 1. The van der Waals surface area contributed by atoms with Gasteiger partial charge in [0.15, 0.2) is 16.7 Å². The average Bonchev–Trinajstić information content (AvgIpc) is 2.46. The molecule has 106 valence electrons. The summed E-state index contributed by atoms with van der Waals surface area (Å²) < 4.78 is 5.28. The fourth-order valence-corrected chi connectivity index (χ4v) is 2.48. The second-order valence-corrected chi connectivity index (χ2v) is 5.09. The van der Waals surface area contributed by atoms with Crippen LogP contribution in [0, 0.1) is 0 Å². The van der Waals surface area contributed by atoms with Gasteiger partial charge >= 0.3 is 0 Å². The van der Waals surface area contributed by atoms with Crippen LogP contribution >= 0.6 is 23.2 Å². The highest BCUT2D eigenvalue weighted by Gasteiger charge is 2.21. The standard InChI is InChI=1S/C14H15Cl2N3O/c1-9(10-6-4-5-7-11(10)15)19(2)14-12(20-3)13(16)17-8-18-14/h4-9H,1-3H3. The van der Waals surface area contributed by atoms with Crippen molar-refractivity contribution >= 4 is 29.0 Å². The van der Waals surface area contributed by atoms with Gasteiger partial charge in [-0.05, 0) is 18.6 Å². The van der Waals surface area contributed by atoms with Gasteiger partial charge in [0.1, 0.15) is 6.33 Å². The number of hydrogen-bond acceptors (Lipinski definition) is 4. The van der Waals surface area contributed by atoms with Gasteiger partial charge in [-0.1, -0.05) is 41.4 Å². The molecule has 1 aromatic heterocycles. The normalized spacial score (nSPS) is 12.1. The van der Waals surface area contributed by atoms with Crippen LogP contribution in [0.1, 0.15) is 18.5 Å². The van der Waals surface area contributed by atoms with Crippen molar-refractivity contribution in [2.45, 2.75) is 13.0 Å². The predicted molar refractivity (Wildman–Crippen MR) is 81.9 cm³/mol. The molecule has 0 amide bonds. The SMILES string of the molecule is COc1c(Cl)ncnc1N(C)C(C)c1ccccc1Cl. The lowest BCUT2D eigenvalue weighted by atomic mass is 10.1. The minimum atomic E-state index is 0.0172. The first kappa shape index (κ1) is 14.9. The quantitative estimate of drug-likeness (QED) is 0.800. The van der Waals surface area contributed by atoms with Crippen LogP contribution in [0.25, 0.3) is 0 Å².